The van der Waals surface area contributed by atoms with Gasteiger partial charge in [0, 0.05) is 50.5 Å². The van der Waals surface area contributed by atoms with E-state index in [-0.39, 0.29) is 0 Å². The molecule has 0 radical (unpaired) electrons. The summed E-state index contributed by atoms with van der Waals surface area (Å²) in [6, 6.07) is 2.51. The Bertz CT molecular complexity index is 303. The van der Waals surface area contributed by atoms with Gasteiger partial charge in [0.25, 0.3) is 0 Å². The van der Waals surface area contributed by atoms with E-state index in [1.54, 1.807) is 0 Å². The zero-order chi connectivity index (χ0) is 15.9. The maximum absolute atomic E-state index is 6.02. The first-order valence-corrected chi connectivity index (χ1v) is 9.27. The summed E-state index contributed by atoms with van der Waals surface area (Å²) in [6.07, 6.45) is 6.26. The fourth-order valence-electron chi connectivity index (χ4n) is 3.88. The van der Waals surface area contributed by atoms with Crippen molar-refractivity contribution >= 4 is 0 Å². The number of nitrogens with zero attached hydrogens (tertiary/aromatic N) is 1. The summed E-state index contributed by atoms with van der Waals surface area (Å²) >= 11 is 0. The van der Waals surface area contributed by atoms with Gasteiger partial charge in [-0.2, -0.15) is 0 Å². The van der Waals surface area contributed by atoms with E-state index < -0.39 is 0 Å². The van der Waals surface area contributed by atoms with E-state index in [0.717, 1.165) is 45.6 Å². The SMILES string of the molecule is CC(C)NC1CCOC(CCN(C(C)C)C2CCOCC2)C1. The van der Waals surface area contributed by atoms with Crippen LogP contribution < -0.4 is 5.32 Å². The zero-order valence-corrected chi connectivity index (χ0v) is 15.0. The molecule has 0 spiro atoms. The largest absolute Gasteiger partial charge is 0.381 e. The van der Waals surface area contributed by atoms with Gasteiger partial charge in [0.15, 0.2) is 0 Å². The lowest BCUT2D eigenvalue weighted by molar-refractivity contribution is -0.0219. The molecule has 2 aliphatic rings. The third-order valence-electron chi connectivity index (χ3n) is 4.97. The molecule has 0 saturated carbocycles. The summed E-state index contributed by atoms with van der Waals surface area (Å²) in [5.41, 5.74) is 0. The zero-order valence-electron chi connectivity index (χ0n) is 15.0. The van der Waals surface area contributed by atoms with Gasteiger partial charge in [0.2, 0.25) is 0 Å². The summed E-state index contributed by atoms with van der Waals surface area (Å²) in [4.78, 5) is 2.67. The average Bonchev–Trinajstić information content (AvgIpc) is 2.48. The van der Waals surface area contributed by atoms with E-state index in [1.165, 1.54) is 12.8 Å². The lowest BCUT2D eigenvalue weighted by Gasteiger charge is -2.39. The van der Waals surface area contributed by atoms with Gasteiger partial charge in [-0.05, 0) is 46.0 Å². The number of rotatable bonds is 7. The first kappa shape index (κ1) is 18.2. The van der Waals surface area contributed by atoms with Crippen molar-refractivity contribution in [1.29, 1.82) is 0 Å². The van der Waals surface area contributed by atoms with Crippen LogP contribution in [0.25, 0.3) is 0 Å². The number of nitrogens with one attached hydrogen (secondary N) is 1. The minimum absolute atomic E-state index is 0.422. The third kappa shape index (κ3) is 5.80. The molecule has 4 nitrogen and oxygen atoms in total. The number of hydrogen-bond donors (Lipinski definition) is 1. The van der Waals surface area contributed by atoms with Crippen molar-refractivity contribution in [2.45, 2.75) is 90.1 Å². The summed E-state index contributed by atoms with van der Waals surface area (Å²) in [5.74, 6) is 0. The molecule has 4 heteroatoms. The molecule has 2 fully saturated rings. The fraction of sp³-hybridized carbons (Fsp3) is 1.00. The number of ether oxygens (including phenoxy) is 2. The predicted octanol–water partition coefficient (Wildman–Crippen LogP) is 2.81. The molecule has 2 rings (SSSR count). The Morgan fingerprint density at radius 1 is 1.05 bits per heavy atom. The molecule has 0 bridgehead atoms. The summed E-state index contributed by atoms with van der Waals surface area (Å²) in [5, 5.41) is 3.68. The maximum atomic E-state index is 6.02. The van der Waals surface area contributed by atoms with Crippen LogP contribution in [0, 0.1) is 0 Å². The Morgan fingerprint density at radius 2 is 1.77 bits per heavy atom. The molecule has 22 heavy (non-hydrogen) atoms. The molecule has 0 aromatic rings. The molecular formula is C18H36N2O2. The molecule has 2 heterocycles. The van der Waals surface area contributed by atoms with Gasteiger partial charge < -0.3 is 14.8 Å². The van der Waals surface area contributed by atoms with Gasteiger partial charge in [-0.15, -0.1) is 0 Å². The van der Waals surface area contributed by atoms with Gasteiger partial charge in [0.1, 0.15) is 0 Å². The first-order chi connectivity index (χ1) is 10.6. The smallest absolute Gasteiger partial charge is 0.0602 e. The van der Waals surface area contributed by atoms with Crippen molar-refractivity contribution in [3.63, 3.8) is 0 Å². The van der Waals surface area contributed by atoms with Gasteiger partial charge in [-0.1, -0.05) is 13.8 Å². The summed E-state index contributed by atoms with van der Waals surface area (Å²) < 4.78 is 11.5. The van der Waals surface area contributed by atoms with Crippen LogP contribution in [0.1, 0.15) is 59.8 Å². The highest BCUT2D eigenvalue weighted by atomic mass is 16.5. The van der Waals surface area contributed by atoms with Crippen LogP contribution >= 0.6 is 0 Å². The Labute approximate surface area is 136 Å². The molecule has 0 aliphatic carbocycles. The molecule has 2 saturated heterocycles. The molecule has 2 aliphatic heterocycles. The molecular weight excluding hydrogens is 276 g/mol. The van der Waals surface area contributed by atoms with Crippen molar-refractivity contribution in [3.05, 3.63) is 0 Å². The van der Waals surface area contributed by atoms with Gasteiger partial charge in [-0.3, -0.25) is 4.90 Å². The Kier molecular flexibility index (Phi) is 7.61. The number of hydrogen-bond acceptors (Lipinski definition) is 4. The second-order valence-electron chi connectivity index (χ2n) is 7.50. The highest BCUT2D eigenvalue weighted by molar-refractivity contribution is 4.82. The van der Waals surface area contributed by atoms with Crippen LogP contribution in [0.15, 0.2) is 0 Å². The second kappa shape index (κ2) is 9.21. The highest BCUT2D eigenvalue weighted by Gasteiger charge is 2.27. The second-order valence-corrected chi connectivity index (χ2v) is 7.50. The summed E-state index contributed by atoms with van der Waals surface area (Å²) in [7, 11) is 0. The summed E-state index contributed by atoms with van der Waals surface area (Å²) in [6.45, 7) is 13.0. The van der Waals surface area contributed by atoms with Crippen molar-refractivity contribution in [3.8, 4) is 0 Å². The monoisotopic (exact) mass is 312 g/mol. The Hall–Kier alpha value is -0.160. The molecule has 0 amide bonds. The molecule has 130 valence electrons. The fourth-order valence-corrected chi connectivity index (χ4v) is 3.88. The molecule has 0 aromatic heterocycles. The van der Waals surface area contributed by atoms with Crippen LogP contribution in [-0.2, 0) is 9.47 Å². The van der Waals surface area contributed by atoms with Gasteiger partial charge >= 0.3 is 0 Å². The lowest BCUT2D eigenvalue weighted by Crippen LogP contribution is -2.46. The van der Waals surface area contributed by atoms with E-state index in [9.17, 15) is 0 Å². The van der Waals surface area contributed by atoms with Crippen LogP contribution in [-0.4, -0.2) is 61.5 Å². The third-order valence-corrected chi connectivity index (χ3v) is 4.97. The minimum Gasteiger partial charge on any atom is -0.381 e. The predicted molar refractivity (Wildman–Crippen MR) is 91.3 cm³/mol. The van der Waals surface area contributed by atoms with Gasteiger partial charge in [-0.25, -0.2) is 0 Å². The molecule has 0 aromatic carbocycles. The topological polar surface area (TPSA) is 33.7 Å². The molecule has 2 unspecified atom stereocenters. The Morgan fingerprint density at radius 3 is 2.41 bits per heavy atom. The standard InChI is InChI=1S/C18H36N2O2/c1-14(2)19-16-6-12-22-18(13-16)5-9-20(15(3)4)17-7-10-21-11-8-17/h14-19H,5-13H2,1-4H3. The van der Waals surface area contributed by atoms with Crippen molar-refractivity contribution in [2.75, 3.05) is 26.4 Å². The van der Waals surface area contributed by atoms with Crippen molar-refractivity contribution in [2.24, 2.45) is 0 Å². The quantitative estimate of drug-likeness (QED) is 0.784. The van der Waals surface area contributed by atoms with Crippen LogP contribution in [0.4, 0.5) is 0 Å². The van der Waals surface area contributed by atoms with Gasteiger partial charge in [0.05, 0.1) is 6.10 Å². The van der Waals surface area contributed by atoms with Crippen LogP contribution in [0.2, 0.25) is 0 Å². The Balaban J connectivity index is 1.78. The van der Waals surface area contributed by atoms with Crippen LogP contribution in [0.3, 0.4) is 0 Å². The van der Waals surface area contributed by atoms with E-state index in [2.05, 4.69) is 37.9 Å². The first-order valence-electron chi connectivity index (χ1n) is 9.27. The van der Waals surface area contributed by atoms with Crippen molar-refractivity contribution < 1.29 is 9.47 Å². The highest BCUT2D eigenvalue weighted by Crippen LogP contribution is 2.21. The normalized spacial score (nSPS) is 28.0. The van der Waals surface area contributed by atoms with E-state index in [1.807, 2.05) is 0 Å². The molecule has 1 N–H and O–H groups in total. The van der Waals surface area contributed by atoms with E-state index in [0.29, 0.717) is 30.3 Å². The minimum atomic E-state index is 0.422. The van der Waals surface area contributed by atoms with Crippen LogP contribution in [0.5, 0.6) is 0 Å². The average molecular weight is 312 g/mol. The molecule has 2 atom stereocenters. The van der Waals surface area contributed by atoms with E-state index in [4.69, 9.17) is 9.47 Å². The lowest BCUT2D eigenvalue weighted by atomic mass is 9.99. The van der Waals surface area contributed by atoms with Crippen molar-refractivity contribution in [1.82, 2.24) is 10.2 Å². The van der Waals surface area contributed by atoms with E-state index >= 15 is 0 Å². The maximum Gasteiger partial charge on any atom is 0.0602 e.